The van der Waals surface area contributed by atoms with Gasteiger partial charge in [-0.1, -0.05) is 50.4 Å². The van der Waals surface area contributed by atoms with E-state index in [1.54, 1.807) is 22.9 Å². The average molecular weight is 387 g/mol. The Morgan fingerprint density at radius 1 is 1.24 bits per heavy atom. The van der Waals surface area contributed by atoms with Crippen LogP contribution < -0.4 is 0 Å². The van der Waals surface area contributed by atoms with E-state index >= 15 is 0 Å². The van der Waals surface area contributed by atoms with Crippen LogP contribution in [0.15, 0.2) is 34.8 Å². The van der Waals surface area contributed by atoms with Gasteiger partial charge < -0.3 is 5.11 Å². The van der Waals surface area contributed by atoms with Crippen molar-refractivity contribution in [1.29, 1.82) is 0 Å². The molecule has 0 radical (unpaired) electrons. The highest BCUT2D eigenvalue weighted by molar-refractivity contribution is 9.10. The lowest BCUT2D eigenvalue weighted by atomic mass is 10.1. The number of phenols is 1. The number of rotatable bonds is 2. The zero-order valence-electron chi connectivity index (χ0n) is 10.9. The first-order valence-corrected chi connectivity index (χ1v) is 7.70. The predicted octanol–water partition coefficient (Wildman–Crippen LogP) is 4.82. The second-order valence-corrected chi connectivity index (χ2v) is 6.43. The van der Waals surface area contributed by atoms with Crippen LogP contribution in [0, 0.1) is 0 Å². The summed E-state index contributed by atoms with van der Waals surface area (Å²) in [4.78, 5) is 0. The minimum absolute atomic E-state index is 0.0834. The summed E-state index contributed by atoms with van der Waals surface area (Å²) in [5.74, 6) is 0.0834. The molecule has 4 nitrogen and oxygen atoms in total. The van der Waals surface area contributed by atoms with E-state index in [4.69, 9.17) is 23.2 Å². The molecule has 1 atom stereocenters. The SMILES string of the molecule is C[C@H](c1ccc(Cl)cc1Cl)n1nnc2c(O)cc(Br)cc21. The van der Waals surface area contributed by atoms with Crippen molar-refractivity contribution in [2.75, 3.05) is 0 Å². The van der Waals surface area contributed by atoms with Gasteiger partial charge in [0.15, 0.2) is 5.52 Å². The molecule has 1 N–H and O–H groups in total. The van der Waals surface area contributed by atoms with Crippen LogP contribution in [-0.2, 0) is 0 Å². The van der Waals surface area contributed by atoms with E-state index in [0.717, 1.165) is 15.6 Å². The maximum atomic E-state index is 9.92. The van der Waals surface area contributed by atoms with Gasteiger partial charge in [0.05, 0.1) is 11.6 Å². The summed E-state index contributed by atoms with van der Waals surface area (Å²) in [5.41, 5.74) is 2.06. The Labute approximate surface area is 139 Å². The van der Waals surface area contributed by atoms with Gasteiger partial charge in [0.25, 0.3) is 0 Å². The second kappa shape index (κ2) is 5.48. The summed E-state index contributed by atoms with van der Waals surface area (Å²) in [5, 5.41) is 19.2. The van der Waals surface area contributed by atoms with Crippen molar-refractivity contribution in [3.8, 4) is 5.75 Å². The molecule has 1 heterocycles. The van der Waals surface area contributed by atoms with Crippen LogP contribution in [0.4, 0.5) is 0 Å². The Balaban J connectivity index is 2.15. The molecule has 21 heavy (non-hydrogen) atoms. The van der Waals surface area contributed by atoms with Crippen LogP contribution in [-0.4, -0.2) is 20.1 Å². The summed E-state index contributed by atoms with van der Waals surface area (Å²) in [7, 11) is 0. The van der Waals surface area contributed by atoms with Gasteiger partial charge in [-0.05, 0) is 36.8 Å². The Bertz CT molecular complexity index is 834. The summed E-state index contributed by atoms with van der Waals surface area (Å²) in [6.45, 7) is 1.96. The molecule has 108 valence electrons. The van der Waals surface area contributed by atoms with E-state index in [1.165, 1.54) is 0 Å². The number of hydrogen-bond acceptors (Lipinski definition) is 3. The maximum absolute atomic E-state index is 9.92. The van der Waals surface area contributed by atoms with E-state index in [-0.39, 0.29) is 11.8 Å². The predicted molar refractivity (Wildman–Crippen MR) is 87.2 cm³/mol. The topological polar surface area (TPSA) is 50.9 Å². The van der Waals surface area contributed by atoms with Crippen LogP contribution in [0.25, 0.3) is 11.0 Å². The molecule has 0 aliphatic heterocycles. The Hall–Kier alpha value is -1.30. The van der Waals surface area contributed by atoms with Crippen molar-refractivity contribution in [2.24, 2.45) is 0 Å². The highest BCUT2D eigenvalue weighted by Crippen LogP contribution is 2.33. The first kappa shape index (κ1) is 14.6. The van der Waals surface area contributed by atoms with Gasteiger partial charge in [-0.2, -0.15) is 0 Å². The monoisotopic (exact) mass is 385 g/mol. The van der Waals surface area contributed by atoms with E-state index in [2.05, 4.69) is 26.2 Å². The zero-order chi connectivity index (χ0) is 15.1. The summed E-state index contributed by atoms with van der Waals surface area (Å²) >= 11 is 15.5. The fourth-order valence-corrected chi connectivity index (χ4v) is 3.25. The quantitative estimate of drug-likeness (QED) is 0.687. The summed E-state index contributed by atoms with van der Waals surface area (Å²) in [6.07, 6.45) is 0. The molecule has 0 bridgehead atoms. The standard InChI is InChI=1S/C14H10BrCl2N3O/c1-7(10-3-2-9(16)6-11(10)17)20-12-4-8(15)5-13(21)14(12)18-19-20/h2-7,21H,1H3/t7-/m1/s1. The van der Waals surface area contributed by atoms with Gasteiger partial charge in [0.2, 0.25) is 0 Å². The molecule has 1 aromatic heterocycles. The number of fused-ring (bicyclic) bond motifs is 1. The maximum Gasteiger partial charge on any atom is 0.154 e. The molecule has 0 saturated heterocycles. The molecule has 3 aromatic rings. The van der Waals surface area contributed by atoms with Crippen LogP contribution >= 0.6 is 39.1 Å². The van der Waals surface area contributed by atoms with Crippen molar-refractivity contribution >= 4 is 50.2 Å². The van der Waals surface area contributed by atoms with Gasteiger partial charge in [-0.25, -0.2) is 4.68 Å². The third kappa shape index (κ3) is 2.61. The molecule has 2 aromatic carbocycles. The molecule has 0 saturated carbocycles. The molecule has 7 heteroatoms. The molecule has 0 aliphatic carbocycles. The Morgan fingerprint density at radius 3 is 2.71 bits per heavy atom. The largest absolute Gasteiger partial charge is 0.505 e. The molecular formula is C14H10BrCl2N3O. The molecule has 3 rings (SSSR count). The minimum atomic E-state index is -0.145. The highest BCUT2D eigenvalue weighted by atomic mass is 79.9. The zero-order valence-corrected chi connectivity index (χ0v) is 14.0. The highest BCUT2D eigenvalue weighted by Gasteiger charge is 2.18. The number of phenolic OH excluding ortho intramolecular Hbond substituents is 1. The number of halogens is 3. The average Bonchev–Trinajstić information content (AvgIpc) is 2.82. The van der Waals surface area contributed by atoms with Crippen LogP contribution in [0.2, 0.25) is 10.0 Å². The molecule has 0 aliphatic rings. The number of aromatic hydroxyl groups is 1. The molecule has 0 fully saturated rings. The fraction of sp³-hybridized carbons (Fsp3) is 0.143. The number of nitrogens with zero attached hydrogens (tertiary/aromatic N) is 3. The first-order chi connectivity index (χ1) is 9.97. The summed E-state index contributed by atoms with van der Waals surface area (Å²) < 4.78 is 2.47. The lowest BCUT2D eigenvalue weighted by Crippen LogP contribution is -2.09. The van der Waals surface area contributed by atoms with E-state index in [0.29, 0.717) is 15.6 Å². The molecular weight excluding hydrogens is 377 g/mol. The number of aromatic nitrogens is 3. The van der Waals surface area contributed by atoms with Crippen LogP contribution in [0.3, 0.4) is 0 Å². The minimum Gasteiger partial charge on any atom is -0.505 e. The third-order valence-corrected chi connectivity index (χ3v) is 4.32. The molecule has 0 unspecified atom stereocenters. The first-order valence-electron chi connectivity index (χ1n) is 6.15. The van der Waals surface area contributed by atoms with Crippen LogP contribution in [0.1, 0.15) is 18.5 Å². The lowest BCUT2D eigenvalue weighted by Gasteiger charge is -2.15. The fourth-order valence-electron chi connectivity index (χ4n) is 2.25. The van der Waals surface area contributed by atoms with E-state index in [1.807, 2.05) is 19.1 Å². The van der Waals surface area contributed by atoms with Gasteiger partial charge >= 0.3 is 0 Å². The van der Waals surface area contributed by atoms with E-state index in [9.17, 15) is 5.11 Å². The summed E-state index contributed by atoms with van der Waals surface area (Å²) in [6, 6.07) is 8.64. The second-order valence-electron chi connectivity index (χ2n) is 4.67. The van der Waals surface area contributed by atoms with Gasteiger partial charge in [-0.15, -0.1) is 5.10 Å². The number of benzene rings is 2. The van der Waals surface area contributed by atoms with Gasteiger partial charge in [-0.3, -0.25) is 0 Å². The van der Waals surface area contributed by atoms with Gasteiger partial charge in [0, 0.05) is 14.5 Å². The lowest BCUT2D eigenvalue weighted by molar-refractivity contribution is 0.480. The third-order valence-electron chi connectivity index (χ3n) is 3.30. The normalized spacial score (nSPS) is 12.8. The molecule has 0 spiro atoms. The smallest absolute Gasteiger partial charge is 0.154 e. The van der Waals surface area contributed by atoms with Crippen molar-refractivity contribution in [3.05, 3.63) is 50.4 Å². The Morgan fingerprint density at radius 2 is 2.00 bits per heavy atom. The van der Waals surface area contributed by atoms with Crippen molar-refractivity contribution < 1.29 is 5.11 Å². The van der Waals surface area contributed by atoms with Crippen LogP contribution in [0.5, 0.6) is 5.75 Å². The number of hydrogen-bond donors (Lipinski definition) is 1. The van der Waals surface area contributed by atoms with Crippen molar-refractivity contribution in [3.63, 3.8) is 0 Å². The Kier molecular flexibility index (Phi) is 3.82. The molecule has 0 amide bonds. The van der Waals surface area contributed by atoms with E-state index < -0.39 is 0 Å². The van der Waals surface area contributed by atoms with Crippen molar-refractivity contribution in [2.45, 2.75) is 13.0 Å². The van der Waals surface area contributed by atoms with Crippen molar-refractivity contribution in [1.82, 2.24) is 15.0 Å². The van der Waals surface area contributed by atoms with Gasteiger partial charge in [0.1, 0.15) is 5.75 Å².